The highest BCUT2D eigenvalue weighted by atomic mass is 127. The minimum atomic E-state index is 0. The first-order chi connectivity index (χ1) is 10.1. The lowest BCUT2D eigenvalue weighted by Gasteiger charge is -2.24. The summed E-state index contributed by atoms with van der Waals surface area (Å²) in [4.78, 5) is 6.63. The largest absolute Gasteiger partial charge is 0.355 e. The molecular formula is C17H31IN4. The average molecular weight is 418 g/mol. The molecule has 0 saturated heterocycles. The quantitative estimate of drug-likeness (QED) is 0.406. The molecule has 0 heterocycles. The Hall–Kier alpha value is -0.820. The van der Waals surface area contributed by atoms with Crippen LogP contribution in [0.4, 0.5) is 0 Å². The Morgan fingerprint density at radius 3 is 2.55 bits per heavy atom. The van der Waals surface area contributed by atoms with E-state index in [2.05, 4.69) is 72.6 Å². The van der Waals surface area contributed by atoms with Crippen molar-refractivity contribution in [1.29, 1.82) is 0 Å². The minimum Gasteiger partial charge on any atom is -0.355 e. The van der Waals surface area contributed by atoms with E-state index < -0.39 is 0 Å². The number of nitrogens with one attached hydrogen (secondary N) is 2. The van der Waals surface area contributed by atoms with Gasteiger partial charge in [0.05, 0.1) is 0 Å². The van der Waals surface area contributed by atoms with Gasteiger partial charge in [-0.2, -0.15) is 0 Å². The summed E-state index contributed by atoms with van der Waals surface area (Å²) in [6.45, 7) is 9.32. The van der Waals surface area contributed by atoms with E-state index in [0.29, 0.717) is 6.04 Å². The van der Waals surface area contributed by atoms with E-state index in [4.69, 9.17) is 0 Å². The second-order valence-corrected chi connectivity index (χ2v) is 5.52. The summed E-state index contributed by atoms with van der Waals surface area (Å²) in [6, 6.07) is 9.03. The van der Waals surface area contributed by atoms with E-state index >= 15 is 0 Å². The number of benzene rings is 1. The van der Waals surface area contributed by atoms with Crippen LogP contribution in [0.1, 0.15) is 31.4 Å². The zero-order chi connectivity index (χ0) is 15.7. The van der Waals surface area contributed by atoms with Gasteiger partial charge in [-0.15, -0.1) is 24.0 Å². The number of aryl methyl sites for hydroxylation is 1. The number of halogens is 1. The number of likely N-dealkylation sites (N-methyl/N-ethyl adjacent to an activating group) is 1. The van der Waals surface area contributed by atoms with Gasteiger partial charge >= 0.3 is 0 Å². The standard InChI is InChI=1S/C17H30N4.HI/c1-6-15(3)21(5)12-11-19-17(18-4)20-13-16-10-8-7-9-14(16)2;/h7-10,15H,6,11-13H2,1-5H3,(H2,18,19,20);1H. The third kappa shape index (κ3) is 7.45. The second kappa shape index (κ2) is 11.7. The summed E-state index contributed by atoms with van der Waals surface area (Å²) in [6.07, 6.45) is 1.18. The SMILES string of the molecule is CCC(C)N(C)CCNC(=NC)NCc1ccccc1C.I. The summed E-state index contributed by atoms with van der Waals surface area (Å²) in [7, 11) is 3.98. The Kier molecular flexibility index (Phi) is 11.3. The van der Waals surface area contributed by atoms with E-state index in [1.807, 2.05) is 7.05 Å². The molecule has 0 aromatic heterocycles. The molecule has 2 N–H and O–H groups in total. The van der Waals surface area contributed by atoms with Gasteiger partial charge in [0.15, 0.2) is 5.96 Å². The Morgan fingerprint density at radius 1 is 1.27 bits per heavy atom. The van der Waals surface area contributed by atoms with Crippen molar-refractivity contribution in [2.24, 2.45) is 4.99 Å². The first-order valence-corrected chi connectivity index (χ1v) is 7.77. The van der Waals surface area contributed by atoms with Crippen LogP contribution in [-0.2, 0) is 6.54 Å². The van der Waals surface area contributed by atoms with Crippen molar-refractivity contribution >= 4 is 29.9 Å². The molecule has 0 amide bonds. The van der Waals surface area contributed by atoms with Crippen LogP contribution in [0.5, 0.6) is 0 Å². The molecule has 1 aromatic carbocycles. The summed E-state index contributed by atoms with van der Waals surface area (Å²) in [5, 5.41) is 6.73. The molecule has 1 atom stereocenters. The van der Waals surface area contributed by atoms with Crippen molar-refractivity contribution < 1.29 is 0 Å². The average Bonchev–Trinajstić information content (AvgIpc) is 2.51. The maximum atomic E-state index is 4.27. The first kappa shape index (κ1) is 21.2. The van der Waals surface area contributed by atoms with Crippen LogP contribution in [-0.4, -0.2) is 44.1 Å². The summed E-state index contributed by atoms with van der Waals surface area (Å²) in [5.41, 5.74) is 2.61. The number of nitrogens with zero attached hydrogens (tertiary/aromatic N) is 2. The van der Waals surface area contributed by atoms with Crippen molar-refractivity contribution in [2.45, 2.75) is 39.8 Å². The third-order valence-electron chi connectivity index (χ3n) is 4.03. The molecule has 1 rings (SSSR count). The van der Waals surface area contributed by atoms with Gasteiger partial charge in [-0.3, -0.25) is 4.99 Å². The Labute approximate surface area is 152 Å². The van der Waals surface area contributed by atoms with E-state index in [0.717, 1.165) is 25.6 Å². The highest BCUT2D eigenvalue weighted by Crippen LogP contribution is 2.05. The lowest BCUT2D eigenvalue weighted by molar-refractivity contribution is 0.255. The van der Waals surface area contributed by atoms with Crippen molar-refractivity contribution in [3.63, 3.8) is 0 Å². The van der Waals surface area contributed by atoms with Crippen LogP contribution >= 0.6 is 24.0 Å². The van der Waals surface area contributed by atoms with Gasteiger partial charge < -0.3 is 15.5 Å². The maximum Gasteiger partial charge on any atom is 0.191 e. The second-order valence-electron chi connectivity index (χ2n) is 5.52. The van der Waals surface area contributed by atoms with Crippen molar-refractivity contribution in [3.05, 3.63) is 35.4 Å². The fourth-order valence-electron chi connectivity index (χ4n) is 2.09. The molecular weight excluding hydrogens is 387 g/mol. The molecule has 0 radical (unpaired) electrons. The topological polar surface area (TPSA) is 39.7 Å². The van der Waals surface area contributed by atoms with Gasteiger partial charge in [0.2, 0.25) is 0 Å². The zero-order valence-electron chi connectivity index (χ0n) is 14.5. The molecule has 0 bridgehead atoms. The van der Waals surface area contributed by atoms with Crippen LogP contribution in [0, 0.1) is 6.92 Å². The molecule has 0 aliphatic rings. The molecule has 0 aliphatic carbocycles. The molecule has 0 aliphatic heterocycles. The van der Waals surface area contributed by atoms with Crippen LogP contribution in [0.25, 0.3) is 0 Å². The van der Waals surface area contributed by atoms with Crippen molar-refractivity contribution in [2.75, 3.05) is 27.2 Å². The number of rotatable bonds is 7. The van der Waals surface area contributed by atoms with E-state index in [1.54, 1.807) is 0 Å². The first-order valence-electron chi connectivity index (χ1n) is 7.77. The zero-order valence-corrected chi connectivity index (χ0v) is 16.8. The molecule has 22 heavy (non-hydrogen) atoms. The summed E-state index contributed by atoms with van der Waals surface area (Å²) in [5.74, 6) is 0.857. The van der Waals surface area contributed by atoms with Gasteiger partial charge in [-0.1, -0.05) is 31.2 Å². The van der Waals surface area contributed by atoms with Gasteiger partial charge in [0.1, 0.15) is 0 Å². The van der Waals surface area contributed by atoms with E-state index in [-0.39, 0.29) is 24.0 Å². The third-order valence-corrected chi connectivity index (χ3v) is 4.03. The molecule has 1 aromatic rings. The fourth-order valence-corrected chi connectivity index (χ4v) is 2.09. The molecule has 5 heteroatoms. The van der Waals surface area contributed by atoms with Crippen molar-refractivity contribution in [1.82, 2.24) is 15.5 Å². The van der Waals surface area contributed by atoms with Crippen LogP contribution < -0.4 is 10.6 Å². The molecule has 4 nitrogen and oxygen atoms in total. The van der Waals surface area contributed by atoms with Crippen molar-refractivity contribution in [3.8, 4) is 0 Å². The van der Waals surface area contributed by atoms with E-state index in [9.17, 15) is 0 Å². The summed E-state index contributed by atoms with van der Waals surface area (Å²) >= 11 is 0. The van der Waals surface area contributed by atoms with Gasteiger partial charge in [0.25, 0.3) is 0 Å². The molecule has 126 valence electrons. The van der Waals surface area contributed by atoms with Gasteiger partial charge in [-0.05, 0) is 38.4 Å². The van der Waals surface area contributed by atoms with Gasteiger partial charge in [0, 0.05) is 32.7 Å². The molecule has 0 spiro atoms. The summed E-state index contributed by atoms with van der Waals surface area (Å²) < 4.78 is 0. The Balaban J connectivity index is 0.00000441. The lowest BCUT2D eigenvalue weighted by Crippen LogP contribution is -2.42. The maximum absolute atomic E-state index is 4.27. The van der Waals surface area contributed by atoms with Gasteiger partial charge in [-0.25, -0.2) is 0 Å². The predicted octanol–water partition coefficient (Wildman–Crippen LogP) is 3.01. The normalized spacial score (nSPS) is 12.7. The minimum absolute atomic E-state index is 0. The smallest absolute Gasteiger partial charge is 0.191 e. The molecule has 1 unspecified atom stereocenters. The van der Waals surface area contributed by atoms with Crippen LogP contribution in [0.2, 0.25) is 0 Å². The monoisotopic (exact) mass is 418 g/mol. The lowest BCUT2D eigenvalue weighted by atomic mass is 10.1. The molecule has 0 saturated carbocycles. The number of aliphatic imine (C=N–C) groups is 1. The highest BCUT2D eigenvalue weighted by Gasteiger charge is 2.06. The number of guanidine groups is 1. The van der Waals surface area contributed by atoms with E-state index in [1.165, 1.54) is 17.5 Å². The predicted molar refractivity (Wildman–Crippen MR) is 107 cm³/mol. The Bertz CT molecular complexity index is 448. The number of hydrogen-bond donors (Lipinski definition) is 2. The fraction of sp³-hybridized carbons (Fsp3) is 0.588. The van der Waals surface area contributed by atoms with Crippen LogP contribution in [0.15, 0.2) is 29.3 Å². The molecule has 0 fully saturated rings. The van der Waals surface area contributed by atoms with Crippen LogP contribution in [0.3, 0.4) is 0 Å². The Morgan fingerprint density at radius 2 is 1.95 bits per heavy atom. The number of hydrogen-bond acceptors (Lipinski definition) is 2. The highest BCUT2D eigenvalue weighted by molar-refractivity contribution is 14.0.